The molecule has 1 N–H and O–H groups in total. The van der Waals surface area contributed by atoms with Crippen LogP contribution in [-0.4, -0.2) is 5.78 Å². The van der Waals surface area contributed by atoms with E-state index in [1.807, 2.05) is 47.6 Å². The number of carbonyl (C=O) groups is 1. The third-order valence-corrected chi connectivity index (χ3v) is 4.43. The Kier molecular flexibility index (Phi) is 8.29. The zero-order valence-corrected chi connectivity index (χ0v) is 20.0. The molecular weight excluding hydrogens is 453 g/mol. The van der Waals surface area contributed by atoms with E-state index in [4.69, 9.17) is 4.74 Å². The van der Waals surface area contributed by atoms with Gasteiger partial charge in [0.05, 0.1) is 5.69 Å². The molecule has 184 valence electrons. The zero-order chi connectivity index (χ0) is 25.8. The molecule has 0 aliphatic heterocycles. The average molecular weight is 482 g/mol. The maximum Gasteiger partial charge on any atom is 0.207 e. The summed E-state index contributed by atoms with van der Waals surface area (Å²) in [5.41, 5.74) is 0.0273. The second-order valence-electron chi connectivity index (χ2n) is 10.1. The predicted molar refractivity (Wildman–Crippen MR) is 122 cm³/mol. The van der Waals surface area contributed by atoms with Crippen molar-refractivity contribution in [1.82, 2.24) is 0 Å². The number of Topliss-reactive ketones (excluding diaryl/α,β-unsaturated/α-hetero) is 1. The number of allylic oxidation sites excluding steroid dienone is 3. The summed E-state index contributed by atoms with van der Waals surface area (Å²) < 4.78 is 73.7. The van der Waals surface area contributed by atoms with Crippen LogP contribution in [0.25, 0.3) is 0 Å². The summed E-state index contributed by atoms with van der Waals surface area (Å²) in [6.45, 7) is 11.7. The number of carbonyl (C=O) groups excluding carboxylic acids is 1. The van der Waals surface area contributed by atoms with Crippen molar-refractivity contribution in [3.63, 3.8) is 0 Å². The first-order chi connectivity index (χ1) is 15.6. The molecule has 34 heavy (non-hydrogen) atoms. The summed E-state index contributed by atoms with van der Waals surface area (Å²) in [6, 6.07) is 5.79. The lowest BCUT2D eigenvalue weighted by atomic mass is 9.87. The van der Waals surface area contributed by atoms with Gasteiger partial charge in [-0.2, -0.15) is 8.78 Å². The summed E-state index contributed by atoms with van der Waals surface area (Å²) in [5, 5.41) is 2.85. The van der Waals surface area contributed by atoms with Crippen molar-refractivity contribution in [3.05, 3.63) is 77.3 Å². The van der Waals surface area contributed by atoms with Gasteiger partial charge in [-0.15, -0.1) is 0 Å². The predicted octanol–water partition coefficient (Wildman–Crippen LogP) is 8.08. The van der Waals surface area contributed by atoms with Gasteiger partial charge in [-0.1, -0.05) is 65.8 Å². The van der Waals surface area contributed by atoms with E-state index in [0.717, 1.165) is 0 Å². The lowest BCUT2D eigenvalue weighted by Gasteiger charge is -2.18. The Hall–Kier alpha value is -3.16. The number of ether oxygens (including phenoxy) is 1. The fourth-order valence-electron chi connectivity index (χ4n) is 2.76. The maximum atomic E-state index is 14.1. The standard InChI is InChI=1S/C26H28F5NO2/c1-25(2,3)12-11-15(17(33)13-26(4,5)6)14-32-16-9-7-8-10-18(16)34-24-22(30)20(28)19(27)21(29)23(24)31/h7-12,14,32H,13H2,1-6H3/b12-11+,15-14?. The van der Waals surface area contributed by atoms with Crippen LogP contribution in [0.15, 0.2) is 48.2 Å². The molecule has 0 heterocycles. The number of hydrogen-bond donors (Lipinski definition) is 1. The van der Waals surface area contributed by atoms with Gasteiger partial charge in [0, 0.05) is 18.2 Å². The van der Waals surface area contributed by atoms with Gasteiger partial charge in [0.15, 0.2) is 11.5 Å². The first kappa shape index (κ1) is 27.1. The SMILES string of the molecule is CC(C)(C)/C=C/C(=CNc1ccccc1Oc1c(F)c(F)c(F)c(F)c1F)C(=O)CC(C)(C)C. The number of halogens is 5. The number of rotatable bonds is 7. The smallest absolute Gasteiger partial charge is 0.207 e. The normalized spacial score (nSPS) is 12.9. The summed E-state index contributed by atoms with van der Waals surface area (Å²) in [6.07, 6.45) is 5.21. The molecule has 0 aliphatic carbocycles. The first-order valence-electron chi connectivity index (χ1n) is 10.6. The second-order valence-corrected chi connectivity index (χ2v) is 10.1. The summed E-state index contributed by atoms with van der Waals surface area (Å²) in [4.78, 5) is 12.9. The second kappa shape index (κ2) is 10.4. The van der Waals surface area contributed by atoms with Crippen molar-refractivity contribution >= 4 is 11.5 Å². The zero-order valence-electron chi connectivity index (χ0n) is 20.0. The highest BCUT2D eigenvalue weighted by atomic mass is 19.2. The van der Waals surface area contributed by atoms with Gasteiger partial charge in [0.2, 0.25) is 34.8 Å². The topological polar surface area (TPSA) is 38.3 Å². The molecule has 0 atom stereocenters. The van der Waals surface area contributed by atoms with E-state index in [-0.39, 0.29) is 34.5 Å². The van der Waals surface area contributed by atoms with E-state index >= 15 is 0 Å². The van der Waals surface area contributed by atoms with E-state index in [9.17, 15) is 26.7 Å². The maximum absolute atomic E-state index is 14.1. The Labute approximate surface area is 196 Å². The van der Waals surface area contributed by atoms with Crippen LogP contribution in [0.3, 0.4) is 0 Å². The molecule has 2 aromatic rings. The third-order valence-electron chi connectivity index (χ3n) is 4.43. The monoisotopic (exact) mass is 481 g/mol. The molecule has 0 unspecified atom stereocenters. The van der Waals surface area contributed by atoms with Crippen molar-refractivity contribution in [2.24, 2.45) is 10.8 Å². The van der Waals surface area contributed by atoms with Crippen LogP contribution in [0, 0.1) is 39.9 Å². The quantitative estimate of drug-likeness (QED) is 0.143. The fourth-order valence-corrected chi connectivity index (χ4v) is 2.76. The molecular formula is C26H28F5NO2. The van der Waals surface area contributed by atoms with Crippen LogP contribution < -0.4 is 10.1 Å². The number of anilines is 1. The van der Waals surface area contributed by atoms with Crippen molar-refractivity contribution in [1.29, 1.82) is 0 Å². The molecule has 0 bridgehead atoms. The number of para-hydroxylation sites is 2. The molecule has 0 aliphatic rings. The molecule has 0 radical (unpaired) electrons. The summed E-state index contributed by atoms with van der Waals surface area (Å²) in [7, 11) is 0. The highest BCUT2D eigenvalue weighted by Gasteiger charge is 2.28. The van der Waals surface area contributed by atoms with Gasteiger partial charge in [0.1, 0.15) is 0 Å². The molecule has 2 aromatic carbocycles. The number of nitrogens with one attached hydrogen (secondary N) is 1. The lowest BCUT2D eigenvalue weighted by Crippen LogP contribution is -2.15. The first-order valence-corrected chi connectivity index (χ1v) is 10.6. The molecule has 0 saturated carbocycles. The highest BCUT2D eigenvalue weighted by molar-refractivity contribution is 5.98. The molecule has 8 heteroatoms. The average Bonchev–Trinajstić information content (AvgIpc) is 2.72. The van der Waals surface area contributed by atoms with Crippen LogP contribution >= 0.6 is 0 Å². The molecule has 3 nitrogen and oxygen atoms in total. The van der Waals surface area contributed by atoms with E-state index in [0.29, 0.717) is 5.57 Å². The lowest BCUT2D eigenvalue weighted by molar-refractivity contribution is -0.116. The van der Waals surface area contributed by atoms with Crippen molar-refractivity contribution in [2.45, 2.75) is 48.0 Å². The molecule has 0 fully saturated rings. The number of benzene rings is 2. The molecule has 2 rings (SSSR count). The molecule has 0 amide bonds. The minimum Gasteiger partial charge on any atom is -0.449 e. The van der Waals surface area contributed by atoms with Gasteiger partial charge < -0.3 is 10.1 Å². The van der Waals surface area contributed by atoms with Crippen LogP contribution in [0.5, 0.6) is 11.5 Å². The third kappa shape index (κ3) is 7.17. The molecule has 0 aromatic heterocycles. The van der Waals surface area contributed by atoms with Gasteiger partial charge in [0.25, 0.3) is 0 Å². The Morgan fingerprint density at radius 1 is 0.882 bits per heavy atom. The Morgan fingerprint density at radius 2 is 1.41 bits per heavy atom. The molecule has 0 saturated heterocycles. The van der Waals surface area contributed by atoms with Crippen LogP contribution in [-0.2, 0) is 4.79 Å². The van der Waals surface area contributed by atoms with Gasteiger partial charge >= 0.3 is 0 Å². The number of hydrogen-bond acceptors (Lipinski definition) is 3. The van der Waals surface area contributed by atoms with E-state index in [2.05, 4.69) is 5.32 Å². The Morgan fingerprint density at radius 3 is 1.94 bits per heavy atom. The summed E-state index contributed by atoms with van der Waals surface area (Å²) >= 11 is 0. The van der Waals surface area contributed by atoms with Gasteiger partial charge in [-0.05, 0) is 23.0 Å². The van der Waals surface area contributed by atoms with E-state index in [1.54, 1.807) is 12.1 Å². The van der Waals surface area contributed by atoms with Crippen LogP contribution in [0.2, 0.25) is 0 Å². The van der Waals surface area contributed by atoms with Crippen LogP contribution in [0.4, 0.5) is 27.6 Å². The largest absolute Gasteiger partial charge is 0.449 e. The Balaban J connectivity index is 2.44. The Bertz CT molecular complexity index is 1100. The van der Waals surface area contributed by atoms with Gasteiger partial charge in [-0.3, -0.25) is 4.79 Å². The van der Waals surface area contributed by atoms with E-state index < -0.39 is 34.8 Å². The molecule has 0 spiro atoms. The minimum atomic E-state index is -2.27. The van der Waals surface area contributed by atoms with Crippen LogP contribution in [0.1, 0.15) is 48.0 Å². The van der Waals surface area contributed by atoms with Gasteiger partial charge in [-0.25, -0.2) is 13.2 Å². The summed E-state index contributed by atoms with van der Waals surface area (Å²) in [5.74, 6) is -12.4. The minimum absolute atomic E-state index is 0.140. The van der Waals surface area contributed by atoms with Crippen molar-refractivity contribution < 1.29 is 31.5 Å². The highest BCUT2D eigenvalue weighted by Crippen LogP contribution is 2.36. The fraction of sp³-hybridized carbons (Fsp3) is 0.346. The number of ketones is 1. The van der Waals surface area contributed by atoms with Crippen molar-refractivity contribution in [2.75, 3.05) is 5.32 Å². The van der Waals surface area contributed by atoms with Crippen molar-refractivity contribution in [3.8, 4) is 11.5 Å². The van der Waals surface area contributed by atoms with E-state index in [1.165, 1.54) is 24.4 Å².